The van der Waals surface area contributed by atoms with Crippen LogP contribution in [0, 0.1) is 34.0 Å². The van der Waals surface area contributed by atoms with Gasteiger partial charge in [0.25, 0.3) is 0 Å². The summed E-state index contributed by atoms with van der Waals surface area (Å²) in [6, 6.07) is 0. The number of ether oxygens (including phenoxy) is 1. The maximum Gasteiger partial charge on any atom is 0.0950 e. The zero-order chi connectivity index (χ0) is 14.5. The van der Waals surface area contributed by atoms with E-state index >= 15 is 0 Å². The van der Waals surface area contributed by atoms with E-state index in [1.165, 1.54) is 57.8 Å². The molecule has 5 fully saturated rings. The molecule has 1 nitrogen and oxygen atoms in total. The highest BCUT2D eigenvalue weighted by molar-refractivity contribution is 5.19. The van der Waals surface area contributed by atoms with Crippen LogP contribution in [0.25, 0.3) is 0 Å². The molecule has 2 bridgehead atoms. The van der Waals surface area contributed by atoms with E-state index in [1.807, 2.05) is 0 Å². The lowest BCUT2D eigenvalue weighted by Gasteiger charge is -2.64. The third kappa shape index (κ3) is 1.53. The lowest BCUT2D eigenvalue weighted by atomic mass is 9.41. The van der Waals surface area contributed by atoms with E-state index in [4.69, 9.17) is 4.74 Å². The van der Waals surface area contributed by atoms with Crippen LogP contribution in [0.4, 0.5) is 0 Å². The van der Waals surface area contributed by atoms with E-state index in [9.17, 15) is 0 Å². The second-order valence-corrected chi connectivity index (χ2v) is 10.4. The SMILES string of the molecule is CC1(C)CCC[C@@]2(C)C3CCC4CC3(CC[C@H]12)C[C@]41CO1. The minimum absolute atomic E-state index is 0.377. The Morgan fingerprint density at radius 1 is 0.905 bits per heavy atom. The second kappa shape index (κ2) is 3.71. The van der Waals surface area contributed by atoms with Crippen LogP contribution in [-0.2, 0) is 4.74 Å². The summed E-state index contributed by atoms with van der Waals surface area (Å²) >= 11 is 0. The molecule has 4 saturated carbocycles. The van der Waals surface area contributed by atoms with Gasteiger partial charge in [-0.25, -0.2) is 0 Å². The topological polar surface area (TPSA) is 12.5 Å². The van der Waals surface area contributed by atoms with Gasteiger partial charge in [-0.3, -0.25) is 0 Å². The predicted octanol–water partition coefficient (Wildman–Crippen LogP) is 5.19. The summed E-state index contributed by atoms with van der Waals surface area (Å²) in [5.74, 6) is 2.90. The third-order valence-corrected chi connectivity index (χ3v) is 9.11. The summed E-state index contributed by atoms with van der Waals surface area (Å²) < 4.78 is 6.02. The van der Waals surface area contributed by atoms with Gasteiger partial charge in [-0.2, -0.15) is 0 Å². The summed E-state index contributed by atoms with van der Waals surface area (Å²) in [6.45, 7) is 8.93. The molecular formula is C20H32O. The Balaban J connectivity index is 1.55. The van der Waals surface area contributed by atoms with E-state index in [0.29, 0.717) is 21.8 Å². The number of rotatable bonds is 0. The standard InChI is InChI=1S/C20H32O/c1-17(2)8-4-9-18(3)15(17)7-10-19-11-14(5-6-16(18)19)20(12-19)13-21-20/h14-16H,4-13H2,1-3H3/t14?,15-,16?,18-,19?,20+/m1/s1. The Bertz CT molecular complexity index is 476. The average molecular weight is 288 g/mol. The first-order valence-electron chi connectivity index (χ1n) is 9.54. The lowest BCUT2D eigenvalue weighted by Crippen LogP contribution is -2.55. The Hall–Kier alpha value is -0.0400. The van der Waals surface area contributed by atoms with Crippen molar-refractivity contribution in [3.05, 3.63) is 0 Å². The van der Waals surface area contributed by atoms with Crippen LogP contribution in [0.15, 0.2) is 0 Å². The van der Waals surface area contributed by atoms with Gasteiger partial charge in [-0.05, 0) is 85.4 Å². The first kappa shape index (κ1) is 13.4. The van der Waals surface area contributed by atoms with Crippen molar-refractivity contribution in [2.75, 3.05) is 6.61 Å². The molecule has 118 valence electrons. The molecule has 0 N–H and O–H groups in total. The predicted molar refractivity (Wildman–Crippen MR) is 85.0 cm³/mol. The Morgan fingerprint density at radius 3 is 2.48 bits per heavy atom. The van der Waals surface area contributed by atoms with Gasteiger partial charge >= 0.3 is 0 Å². The van der Waals surface area contributed by atoms with Gasteiger partial charge in [0.2, 0.25) is 0 Å². The van der Waals surface area contributed by atoms with Crippen LogP contribution < -0.4 is 0 Å². The zero-order valence-electron chi connectivity index (χ0n) is 14.2. The maximum absolute atomic E-state index is 6.02. The van der Waals surface area contributed by atoms with E-state index in [-0.39, 0.29) is 0 Å². The van der Waals surface area contributed by atoms with Crippen LogP contribution in [0.1, 0.15) is 78.6 Å². The van der Waals surface area contributed by atoms with Gasteiger partial charge in [0.1, 0.15) is 0 Å². The molecule has 0 aromatic rings. The summed E-state index contributed by atoms with van der Waals surface area (Å²) in [6.07, 6.45) is 13.4. The highest BCUT2D eigenvalue weighted by atomic mass is 16.6. The molecule has 0 aromatic carbocycles. The number of hydrogen-bond acceptors (Lipinski definition) is 1. The van der Waals surface area contributed by atoms with Gasteiger partial charge in [0.15, 0.2) is 0 Å². The molecule has 1 heterocycles. The summed E-state index contributed by atoms with van der Waals surface area (Å²) in [7, 11) is 0. The van der Waals surface area contributed by atoms with E-state index < -0.39 is 0 Å². The van der Waals surface area contributed by atoms with Crippen molar-refractivity contribution in [2.45, 2.75) is 84.2 Å². The average Bonchev–Trinajstić information content (AvgIpc) is 3.13. The van der Waals surface area contributed by atoms with Crippen molar-refractivity contribution < 1.29 is 4.74 Å². The molecule has 1 aliphatic heterocycles. The highest BCUT2D eigenvalue weighted by Gasteiger charge is 2.70. The molecule has 2 spiro atoms. The zero-order valence-corrected chi connectivity index (χ0v) is 14.2. The normalized spacial score (nSPS) is 60.4. The van der Waals surface area contributed by atoms with E-state index in [2.05, 4.69) is 20.8 Å². The molecule has 21 heavy (non-hydrogen) atoms. The minimum atomic E-state index is 0.377. The Labute approximate surface area is 130 Å². The number of fused-ring (bicyclic) bond motifs is 4. The quantitative estimate of drug-likeness (QED) is 0.559. The van der Waals surface area contributed by atoms with Crippen LogP contribution in [0.5, 0.6) is 0 Å². The van der Waals surface area contributed by atoms with E-state index in [0.717, 1.165) is 24.4 Å². The molecule has 3 unspecified atom stereocenters. The monoisotopic (exact) mass is 288 g/mol. The van der Waals surface area contributed by atoms with Crippen LogP contribution in [0.3, 0.4) is 0 Å². The molecule has 4 aliphatic carbocycles. The lowest BCUT2D eigenvalue weighted by molar-refractivity contribution is -0.144. The fraction of sp³-hybridized carbons (Fsp3) is 1.00. The Morgan fingerprint density at radius 2 is 1.71 bits per heavy atom. The molecule has 5 rings (SSSR count). The molecule has 0 amide bonds. The molecule has 6 atom stereocenters. The van der Waals surface area contributed by atoms with E-state index in [1.54, 1.807) is 0 Å². The summed E-state index contributed by atoms with van der Waals surface area (Å²) in [5, 5.41) is 0. The summed E-state index contributed by atoms with van der Waals surface area (Å²) in [4.78, 5) is 0. The number of hydrogen-bond donors (Lipinski definition) is 0. The van der Waals surface area contributed by atoms with Crippen LogP contribution in [0.2, 0.25) is 0 Å². The number of epoxide rings is 1. The molecule has 0 radical (unpaired) electrons. The Kier molecular flexibility index (Phi) is 2.37. The minimum Gasteiger partial charge on any atom is -0.369 e. The summed E-state index contributed by atoms with van der Waals surface area (Å²) in [5.41, 5.74) is 2.27. The first-order valence-corrected chi connectivity index (χ1v) is 9.54. The van der Waals surface area contributed by atoms with Crippen molar-refractivity contribution in [2.24, 2.45) is 34.0 Å². The largest absolute Gasteiger partial charge is 0.369 e. The van der Waals surface area contributed by atoms with Crippen LogP contribution >= 0.6 is 0 Å². The van der Waals surface area contributed by atoms with Gasteiger partial charge in [0.05, 0.1) is 12.2 Å². The first-order chi connectivity index (χ1) is 9.90. The smallest absolute Gasteiger partial charge is 0.0950 e. The molecule has 5 aliphatic rings. The molecule has 1 saturated heterocycles. The highest BCUT2D eigenvalue weighted by Crippen LogP contribution is 2.74. The third-order valence-electron chi connectivity index (χ3n) is 9.11. The molecular weight excluding hydrogens is 256 g/mol. The van der Waals surface area contributed by atoms with Gasteiger partial charge < -0.3 is 4.74 Å². The fourth-order valence-corrected chi connectivity index (χ4v) is 8.35. The van der Waals surface area contributed by atoms with Crippen molar-refractivity contribution >= 4 is 0 Å². The van der Waals surface area contributed by atoms with Crippen molar-refractivity contribution in [1.29, 1.82) is 0 Å². The van der Waals surface area contributed by atoms with Crippen molar-refractivity contribution in [1.82, 2.24) is 0 Å². The second-order valence-electron chi connectivity index (χ2n) is 10.4. The van der Waals surface area contributed by atoms with Gasteiger partial charge in [-0.1, -0.05) is 27.2 Å². The van der Waals surface area contributed by atoms with Gasteiger partial charge in [-0.15, -0.1) is 0 Å². The molecule has 1 heteroatoms. The van der Waals surface area contributed by atoms with Crippen molar-refractivity contribution in [3.8, 4) is 0 Å². The van der Waals surface area contributed by atoms with Crippen LogP contribution in [-0.4, -0.2) is 12.2 Å². The maximum atomic E-state index is 6.02. The molecule has 0 aromatic heterocycles. The van der Waals surface area contributed by atoms with Crippen molar-refractivity contribution in [3.63, 3.8) is 0 Å². The van der Waals surface area contributed by atoms with Gasteiger partial charge in [0, 0.05) is 0 Å². The fourth-order valence-electron chi connectivity index (χ4n) is 8.35.